The maximum absolute atomic E-state index is 10.2. The van der Waals surface area contributed by atoms with E-state index in [-0.39, 0.29) is 11.5 Å². The summed E-state index contributed by atoms with van der Waals surface area (Å²) in [6.07, 6.45) is 7.25. The van der Waals surface area contributed by atoms with Gasteiger partial charge in [0.15, 0.2) is 0 Å². The lowest BCUT2D eigenvalue weighted by molar-refractivity contribution is 0.136. The fourth-order valence-corrected chi connectivity index (χ4v) is 3.51. The first kappa shape index (κ1) is 13.8. The van der Waals surface area contributed by atoms with E-state index in [0.717, 1.165) is 41.7 Å². The summed E-state index contributed by atoms with van der Waals surface area (Å²) in [4.78, 5) is 20.0. The highest BCUT2D eigenvalue weighted by molar-refractivity contribution is 5.80. The quantitative estimate of drug-likeness (QED) is 0.779. The number of rotatable bonds is 2. The Kier molecular flexibility index (Phi) is 2.84. The molecule has 4 heterocycles. The molecule has 1 aliphatic carbocycles. The molecule has 0 bridgehead atoms. The van der Waals surface area contributed by atoms with Crippen molar-refractivity contribution >= 4 is 16.9 Å². The van der Waals surface area contributed by atoms with Gasteiger partial charge in [-0.3, -0.25) is 4.98 Å². The van der Waals surface area contributed by atoms with Crippen LogP contribution in [0.4, 0.5) is 5.95 Å². The van der Waals surface area contributed by atoms with Crippen molar-refractivity contribution in [1.29, 1.82) is 0 Å². The van der Waals surface area contributed by atoms with Crippen molar-refractivity contribution < 1.29 is 5.11 Å². The molecular formula is C18H17N5O. The molecule has 1 N–H and O–H groups in total. The highest BCUT2D eigenvalue weighted by Crippen LogP contribution is 2.53. The van der Waals surface area contributed by atoms with Crippen molar-refractivity contribution in [1.82, 2.24) is 19.9 Å². The van der Waals surface area contributed by atoms with Crippen LogP contribution in [0.2, 0.25) is 0 Å². The second-order valence-corrected chi connectivity index (χ2v) is 6.77. The van der Waals surface area contributed by atoms with Crippen molar-refractivity contribution in [3.63, 3.8) is 0 Å². The Morgan fingerprint density at radius 2 is 1.92 bits per heavy atom. The largest absolute Gasteiger partial charge is 0.391 e. The monoisotopic (exact) mass is 319 g/mol. The smallest absolute Gasteiger partial charge is 0.226 e. The molecule has 24 heavy (non-hydrogen) atoms. The van der Waals surface area contributed by atoms with Gasteiger partial charge in [0.05, 0.1) is 23.0 Å². The Hall–Kier alpha value is -2.60. The average molecular weight is 319 g/mol. The average Bonchev–Trinajstić information content (AvgIpc) is 3.34. The van der Waals surface area contributed by atoms with Gasteiger partial charge in [0.2, 0.25) is 5.95 Å². The minimum absolute atomic E-state index is 0.0908. The Labute approximate surface area is 139 Å². The first-order valence-electron chi connectivity index (χ1n) is 8.21. The number of β-amino-alcohol motifs (C(OH)–C–C–N with tert-alkyl or cyclic N) is 1. The van der Waals surface area contributed by atoms with E-state index in [9.17, 15) is 5.11 Å². The van der Waals surface area contributed by atoms with Crippen LogP contribution in [0.15, 0.2) is 42.9 Å². The third-order valence-corrected chi connectivity index (χ3v) is 5.18. The first-order chi connectivity index (χ1) is 11.7. The zero-order valence-corrected chi connectivity index (χ0v) is 13.1. The third-order valence-electron chi connectivity index (χ3n) is 5.18. The number of pyridine rings is 2. The summed E-state index contributed by atoms with van der Waals surface area (Å²) in [6, 6.07) is 7.73. The molecule has 5 rings (SSSR count). The molecule has 1 saturated heterocycles. The Bertz CT molecular complexity index is 924. The normalized spacial score (nSPS) is 21.5. The van der Waals surface area contributed by atoms with E-state index < -0.39 is 0 Å². The summed E-state index contributed by atoms with van der Waals surface area (Å²) in [7, 11) is 0. The van der Waals surface area contributed by atoms with Crippen LogP contribution < -0.4 is 4.90 Å². The molecule has 0 radical (unpaired) electrons. The van der Waals surface area contributed by atoms with Crippen LogP contribution in [0, 0.1) is 5.41 Å². The first-order valence-corrected chi connectivity index (χ1v) is 8.21. The van der Waals surface area contributed by atoms with E-state index in [1.165, 1.54) is 0 Å². The predicted octanol–water partition coefficient (Wildman–Crippen LogP) is 2.05. The second-order valence-electron chi connectivity index (χ2n) is 6.77. The zero-order valence-electron chi connectivity index (χ0n) is 13.1. The lowest BCUT2D eigenvalue weighted by Gasteiger charge is -2.16. The lowest BCUT2D eigenvalue weighted by Crippen LogP contribution is -2.23. The Balaban J connectivity index is 1.50. The van der Waals surface area contributed by atoms with Crippen LogP contribution in [-0.4, -0.2) is 44.2 Å². The highest BCUT2D eigenvalue weighted by Gasteiger charge is 2.55. The number of nitrogens with zero attached hydrogens (tertiary/aromatic N) is 5. The van der Waals surface area contributed by atoms with Crippen molar-refractivity contribution in [2.45, 2.75) is 18.9 Å². The summed E-state index contributed by atoms with van der Waals surface area (Å²) in [6.45, 7) is 1.45. The SMILES string of the molecule is OC1CN(c2nccc(-c3ccc4cnccc4n3)n2)CC12CC2. The predicted molar refractivity (Wildman–Crippen MR) is 90.5 cm³/mol. The van der Waals surface area contributed by atoms with E-state index in [4.69, 9.17) is 0 Å². The van der Waals surface area contributed by atoms with Gasteiger partial charge in [0.1, 0.15) is 0 Å². The minimum atomic E-state index is -0.268. The van der Waals surface area contributed by atoms with E-state index >= 15 is 0 Å². The molecule has 0 amide bonds. The van der Waals surface area contributed by atoms with Gasteiger partial charge in [0, 0.05) is 42.5 Å². The van der Waals surface area contributed by atoms with Crippen LogP contribution in [0.25, 0.3) is 22.3 Å². The lowest BCUT2D eigenvalue weighted by atomic mass is 10.0. The third kappa shape index (κ3) is 2.14. The molecule has 1 spiro atoms. The summed E-state index contributed by atoms with van der Waals surface area (Å²) in [5, 5.41) is 11.2. The number of fused-ring (bicyclic) bond motifs is 1. The minimum Gasteiger partial charge on any atom is -0.391 e. The molecule has 3 aromatic heterocycles. The van der Waals surface area contributed by atoms with Crippen LogP contribution in [0.3, 0.4) is 0 Å². The number of aliphatic hydroxyl groups excluding tert-OH is 1. The van der Waals surface area contributed by atoms with Gasteiger partial charge >= 0.3 is 0 Å². The molecule has 1 unspecified atom stereocenters. The fourth-order valence-electron chi connectivity index (χ4n) is 3.51. The summed E-state index contributed by atoms with van der Waals surface area (Å²) >= 11 is 0. The number of anilines is 1. The van der Waals surface area contributed by atoms with E-state index in [1.807, 2.05) is 24.3 Å². The van der Waals surface area contributed by atoms with E-state index in [0.29, 0.717) is 12.5 Å². The van der Waals surface area contributed by atoms with Crippen molar-refractivity contribution in [2.75, 3.05) is 18.0 Å². The fraction of sp³-hybridized carbons (Fsp3) is 0.333. The van der Waals surface area contributed by atoms with Gasteiger partial charge < -0.3 is 10.0 Å². The number of hydrogen-bond acceptors (Lipinski definition) is 6. The van der Waals surface area contributed by atoms with Gasteiger partial charge in [-0.2, -0.15) is 0 Å². The van der Waals surface area contributed by atoms with Gasteiger partial charge in [-0.05, 0) is 37.1 Å². The maximum Gasteiger partial charge on any atom is 0.226 e. The molecule has 1 saturated carbocycles. The summed E-state index contributed by atoms with van der Waals surface area (Å²) in [5.74, 6) is 0.673. The highest BCUT2D eigenvalue weighted by atomic mass is 16.3. The molecule has 120 valence electrons. The standard InChI is InChI=1S/C18H17N5O/c24-16-10-23(11-18(16)5-6-18)17-20-8-4-15(22-17)14-2-1-12-9-19-7-3-13(12)21-14/h1-4,7-9,16,24H,5-6,10-11H2. The molecule has 6 heteroatoms. The molecule has 3 aromatic rings. The van der Waals surface area contributed by atoms with Gasteiger partial charge in [0.25, 0.3) is 0 Å². The van der Waals surface area contributed by atoms with E-state index in [2.05, 4.69) is 24.8 Å². The topological polar surface area (TPSA) is 75.0 Å². The molecular weight excluding hydrogens is 302 g/mol. The summed E-state index contributed by atoms with van der Waals surface area (Å²) in [5.41, 5.74) is 2.60. The molecule has 2 fully saturated rings. The van der Waals surface area contributed by atoms with Crippen molar-refractivity contribution in [3.05, 3.63) is 42.9 Å². The maximum atomic E-state index is 10.2. The van der Waals surface area contributed by atoms with Crippen LogP contribution >= 0.6 is 0 Å². The van der Waals surface area contributed by atoms with E-state index in [1.54, 1.807) is 18.6 Å². The van der Waals surface area contributed by atoms with Crippen LogP contribution in [0.1, 0.15) is 12.8 Å². The summed E-state index contributed by atoms with van der Waals surface area (Å²) < 4.78 is 0. The number of aliphatic hydroxyl groups is 1. The molecule has 2 aliphatic rings. The molecule has 6 nitrogen and oxygen atoms in total. The van der Waals surface area contributed by atoms with Crippen molar-refractivity contribution in [3.8, 4) is 11.4 Å². The Morgan fingerprint density at radius 3 is 2.75 bits per heavy atom. The second kappa shape index (κ2) is 4.95. The van der Waals surface area contributed by atoms with Crippen LogP contribution in [0.5, 0.6) is 0 Å². The van der Waals surface area contributed by atoms with Gasteiger partial charge in [-0.25, -0.2) is 15.0 Å². The van der Waals surface area contributed by atoms with Crippen molar-refractivity contribution in [2.24, 2.45) is 5.41 Å². The zero-order chi connectivity index (χ0) is 16.1. The molecule has 1 atom stereocenters. The Morgan fingerprint density at radius 1 is 1.04 bits per heavy atom. The number of aromatic nitrogens is 4. The van der Waals surface area contributed by atoms with Crippen LogP contribution in [-0.2, 0) is 0 Å². The van der Waals surface area contributed by atoms with Gasteiger partial charge in [-0.1, -0.05) is 0 Å². The molecule has 1 aliphatic heterocycles. The number of hydrogen-bond donors (Lipinski definition) is 1. The molecule has 0 aromatic carbocycles. The van der Waals surface area contributed by atoms with Gasteiger partial charge in [-0.15, -0.1) is 0 Å².